The van der Waals surface area contributed by atoms with Gasteiger partial charge in [0.05, 0.1) is 24.4 Å². The molecule has 25 heavy (non-hydrogen) atoms. The summed E-state index contributed by atoms with van der Waals surface area (Å²) >= 11 is 1.12. The van der Waals surface area contributed by atoms with E-state index in [4.69, 9.17) is 4.74 Å². The second kappa shape index (κ2) is 6.96. The molecule has 0 aromatic carbocycles. The van der Waals surface area contributed by atoms with Crippen molar-refractivity contribution in [2.45, 2.75) is 48.0 Å². The van der Waals surface area contributed by atoms with Gasteiger partial charge in [-0.05, 0) is 37.6 Å². The summed E-state index contributed by atoms with van der Waals surface area (Å²) in [7, 11) is -3.63. The normalized spacial score (nSPS) is 26.7. The van der Waals surface area contributed by atoms with Crippen molar-refractivity contribution in [3.8, 4) is 0 Å². The molecule has 2 fully saturated rings. The van der Waals surface area contributed by atoms with Crippen LogP contribution >= 0.6 is 11.3 Å². The van der Waals surface area contributed by atoms with E-state index in [1.54, 1.807) is 16.3 Å². The number of hydrogen-bond acceptors (Lipinski definition) is 6. The fourth-order valence-electron chi connectivity index (χ4n) is 3.56. The minimum Gasteiger partial charge on any atom is -0.390 e. The Balaban J connectivity index is 1.52. The van der Waals surface area contributed by atoms with Crippen LogP contribution in [0.2, 0.25) is 0 Å². The van der Waals surface area contributed by atoms with E-state index in [0.29, 0.717) is 45.4 Å². The molecule has 1 atom stereocenters. The molecule has 2 aliphatic heterocycles. The maximum atomic E-state index is 12.3. The van der Waals surface area contributed by atoms with E-state index in [9.17, 15) is 18.3 Å². The maximum absolute atomic E-state index is 12.3. The summed E-state index contributed by atoms with van der Waals surface area (Å²) in [5.74, 6) is -0.238. The van der Waals surface area contributed by atoms with Crippen molar-refractivity contribution in [2.24, 2.45) is 0 Å². The highest BCUT2D eigenvalue weighted by Crippen LogP contribution is 2.39. The molecule has 2 aliphatic rings. The maximum Gasteiger partial charge on any atom is 0.250 e. The third-order valence-electron chi connectivity index (χ3n) is 4.95. The van der Waals surface area contributed by atoms with Gasteiger partial charge in [0.1, 0.15) is 4.21 Å². The fourth-order valence-corrected chi connectivity index (χ4v) is 5.57. The first-order chi connectivity index (χ1) is 11.7. The zero-order valence-corrected chi connectivity index (χ0v) is 15.9. The smallest absolute Gasteiger partial charge is 0.250 e. The molecule has 0 bridgehead atoms. The summed E-state index contributed by atoms with van der Waals surface area (Å²) in [5.41, 5.74) is -1.09. The van der Waals surface area contributed by atoms with Crippen molar-refractivity contribution >= 4 is 27.3 Å². The number of rotatable bonds is 4. The van der Waals surface area contributed by atoms with Crippen LogP contribution in [0.3, 0.4) is 0 Å². The number of ether oxygens (including phenoxy) is 1. The van der Waals surface area contributed by atoms with Crippen molar-refractivity contribution in [1.82, 2.24) is 9.62 Å². The van der Waals surface area contributed by atoms with Gasteiger partial charge in [-0.15, -0.1) is 11.3 Å². The molecule has 1 aromatic rings. The lowest BCUT2D eigenvalue weighted by molar-refractivity contribution is -0.175. The van der Waals surface area contributed by atoms with Gasteiger partial charge in [-0.1, -0.05) is 6.07 Å². The lowest BCUT2D eigenvalue weighted by Gasteiger charge is -2.48. The molecule has 1 spiro atoms. The van der Waals surface area contributed by atoms with Crippen LogP contribution in [0.15, 0.2) is 21.7 Å². The monoisotopic (exact) mass is 388 g/mol. The lowest BCUT2D eigenvalue weighted by atomic mass is 9.78. The summed E-state index contributed by atoms with van der Waals surface area (Å²) in [6, 6.07) is 3.17. The SMILES string of the molecule is CC1(O)CCOC2(CCN(C(=O)CNS(=O)(=O)c3cccs3)CC2)C1. The number of nitrogens with zero attached hydrogens (tertiary/aromatic N) is 1. The molecule has 0 radical (unpaired) electrons. The summed E-state index contributed by atoms with van der Waals surface area (Å²) in [5, 5.41) is 12.0. The van der Waals surface area contributed by atoms with Gasteiger partial charge in [0, 0.05) is 19.5 Å². The number of hydrogen-bond donors (Lipinski definition) is 2. The summed E-state index contributed by atoms with van der Waals surface area (Å²) < 4.78 is 32.6. The zero-order valence-electron chi connectivity index (χ0n) is 14.2. The van der Waals surface area contributed by atoms with E-state index < -0.39 is 15.6 Å². The predicted molar refractivity (Wildman–Crippen MR) is 93.9 cm³/mol. The van der Waals surface area contributed by atoms with Crippen LogP contribution in [-0.4, -0.2) is 61.8 Å². The average molecular weight is 389 g/mol. The van der Waals surface area contributed by atoms with E-state index in [-0.39, 0.29) is 22.3 Å². The quantitative estimate of drug-likeness (QED) is 0.801. The Bertz CT molecular complexity index is 707. The Morgan fingerprint density at radius 1 is 1.40 bits per heavy atom. The van der Waals surface area contributed by atoms with E-state index >= 15 is 0 Å². The molecule has 0 aliphatic carbocycles. The van der Waals surface area contributed by atoms with E-state index in [2.05, 4.69) is 4.72 Å². The molecule has 140 valence electrons. The van der Waals surface area contributed by atoms with Gasteiger partial charge >= 0.3 is 0 Å². The summed E-state index contributed by atoms with van der Waals surface area (Å²) in [4.78, 5) is 14.0. The van der Waals surface area contributed by atoms with Crippen LogP contribution < -0.4 is 4.72 Å². The van der Waals surface area contributed by atoms with Gasteiger partial charge in [-0.3, -0.25) is 4.79 Å². The largest absolute Gasteiger partial charge is 0.390 e. The highest BCUT2D eigenvalue weighted by Gasteiger charge is 2.44. The number of aliphatic hydroxyl groups is 1. The minimum absolute atomic E-state index is 0.204. The van der Waals surface area contributed by atoms with Gasteiger partial charge in [-0.25, -0.2) is 13.1 Å². The molecule has 9 heteroatoms. The molecule has 2 N–H and O–H groups in total. The Labute approximate surface area is 152 Å². The number of sulfonamides is 1. The Hall–Kier alpha value is -1.00. The zero-order chi connectivity index (χ0) is 18.1. The Kier molecular flexibility index (Phi) is 5.23. The van der Waals surface area contributed by atoms with Crippen LogP contribution in [0.4, 0.5) is 0 Å². The fraction of sp³-hybridized carbons (Fsp3) is 0.688. The van der Waals surface area contributed by atoms with Crippen LogP contribution in [0.5, 0.6) is 0 Å². The van der Waals surface area contributed by atoms with Crippen molar-refractivity contribution in [1.29, 1.82) is 0 Å². The molecular formula is C16H24N2O5S2. The van der Waals surface area contributed by atoms with Crippen LogP contribution in [0.1, 0.15) is 32.6 Å². The number of carbonyl (C=O) groups is 1. The number of piperidine rings is 1. The third-order valence-corrected chi connectivity index (χ3v) is 7.75. The van der Waals surface area contributed by atoms with E-state index in [1.807, 2.05) is 6.92 Å². The first-order valence-electron chi connectivity index (χ1n) is 8.39. The molecule has 0 saturated carbocycles. The number of thiophene rings is 1. The van der Waals surface area contributed by atoms with Crippen molar-refractivity contribution < 1.29 is 23.1 Å². The second-order valence-electron chi connectivity index (χ2n) is 7.09. The standard InChI is InChI=1S/C16H24N2O5S2/c1-15(20)6-9-23-16(12-15)4-7-18(8-5-16)13(19)11-17-25(21,22)14-3-2-10-24-14/h2-3,10,17,20H,4-9,11-12H2,1H3. The van der Waals surface area contributed by atoms with Crippen molar-refractivity contribution in [3.05, 3.63) is 17.5 Å². The molecule has 1 unspecified atom stereocenters. The average Bonchev–Trinajstić information content (AvgIpc) is 3.08. The van der Waals surface area contributed by atoms with Gasteiger partial charge in [0.25, 0.3) is 10.0 Å². The highest BCUT2D eigenvalue weighted by molar-refractivity contribution is 7.91. The van der Waals surface area contributed by atoms with Crippen molar-refractivity contribution in [2.75, 3.05) is 26.2 Å². The van der Waals surface area contributed by atoms with Crippen LogP contribution in [0.25, 0.3) is 0 Å². The molecule has 1 amide bonds. The number of likely N-dealkylation sites (tertiary alicyclic amines) is 1. The number of carbonyl (C=O) groups excluding carboxylic acids is 1. The third kappa shape index (κ3) is 4.40. The summed E-state index contributed by atoms with van der Waals surface area (Å²) in [6.45, 7) is 3.13. The minimum atomic E-state index is -3.63. The van der Waals surface area contributed by atoms with Crippen LogP contribution in [0, 0.1) is 0 Å². The van der Waals surface area contributed by atoms with Crippen LogP contribution in [-0.2, 0) is 19.6 Å². The van der Waals surface area contributed by atoms with Gasteiger partial charge in [0.2, 0.25) is 5.91 Å². The molecule has 7 nitrogen and oxygen atoms in total. The lowest BCUT2D eigenvalue weighted by Crippen LogP contribution is -2.55. The van der Waals surface area contributed by atoms with E-state index in [1.165, 1.54) is 6.07 Å². The second-order valence-corrected chi connectivity index (χ2v) is 10.0. The van der Waals surface area contributed by atoms with Gasteiger partial charge < -0.3 is 14.7 Å². The Morgan fingerprint density at radius 3 is 2.72 bits per heavy atom. The van der Waals surface area contributed by atoms with Gasteiger partial charge in [0.15, 0.2) is 0 Å². The first kappa shape index (κ1) is 18.8. The Morgan fingerprint density at radius 2 is 2.12 bits per heavy atom. The van der Waals surface area contributed by atoms with Gasteiger partial charge in [-0.2, -0.15) is 0 Å². The van der Waals surface area contributed by atoms with E-state index in [0.717, 1.165) is 11.3 Å². The molecule has 2 saturated heterocycles. The molecular weight excluding hydrogens is 364 g/mol. The predicted octanol–water partition coefficient (Wildman–Crippen LogP) is 0.949. The summed E-state index contributed by atoms with van der Waals surface area (Å²) in [6.07, 6.45) is 2.52. The molecule has 1 aromatic heterocycles. The number of amides is 1. The highest BCUT2D eigenvalue weighted by atomic mass is 32.2. The first-order valence-corrected chi connectivity index (χ1v) is 10.8. The topological polar surface area (TPSA) is 95.9 Å². The van der Waals surface area contributed by atoms with Crippen molar-refractivity contribution in [3.63, 3.8) is 0 Å². The number of nitrogens with one attached hydrogen (secondary N) is 1. The molecule has 3 rings (SSSR count). The molecule has 3 heterocycles.